The number of rotatable bonds is 4. The molecule has 0 saturated carbocycles. The molecule has 0 fully saturated rings. The fourth-order valence-electron chi connectivity index (χ4n) is 1.68. The topological polar surface area (TPSA) is 84.2 Å². The SMILES string of the molecule is Cc1cccc(C(=O)NNC(=O)C(N)CC(C)C)c1. The molecule has 0 aliphatic rings. The Hall–Kier alpha value is -1.88. The van der Waals surface area contributed by atoms with Crippen molar-refractivity contribution in [3.05, 3.63) is 35.4 Å². The average molecular weight is 263 g/mol. The summed E-state index contributed by atoms with van der Waals surface area (Å²) in [5, 5.41) is 0. The van der Waals surface area contributed by atoms with Gasteiger partial charge in [-0.15, -0.1) is 0 Å². The molecule has 0 spiro atoms. The van der Waals surface area contributed by atoms with E-state index in [4.69, 9.17) is 5.73 Å². The highest BCUT2D eigenvalue weighted by Gasteiger charge is 2.15. The normalized spacial score (nSPS) is 12.1. The number of nitrogens with one attached hydrogen (secondary N) is 2. The maximum Gasteiger partial charge on any atom is 0.269 e. The second-order valence-corrected chi connectivity index (χ2v) is 5.05. The summed E-state index contributed by atoms with van der Waals surface area (Å²) in [4.78, 5) is 23.4. The zero-order chi connectivity index (χ0) is 14.4. The van der Waals surface area contributed by atoms with Crippen LogP contribution >= 0.6 is 0 Å². The number of amides is 2. The number of hydrogen-bond acceptors (Lipinski definition) is 3. The van der Waals surface area contributed by atoms with Crippen LogP contribution in [-0.2, 0) is 4.79 Å². The first-order valence-electron chi connectivity index (χ1n) is 6.32. The lowest BCUT2D eigenvalue weighted by atomic mass is 10.0. The van der Waals surface area contributed by atoms with Gasteiger partial charge in [0.05, 0.1) is 6.04 Å². The molecule has 0 saturated heterocycles. The molecule has 104 valence electrons. The highest BCUT2D eigenvalue weighted by molar-refractivity contribution is 5.95. The molecule has 1 atom stereocenters. The van der Waals surface area contributed by atoms with Crippen LogP contribution in [0.15, 0.2) is 24.3 Å². The van der Waals surface area contributed by atoms with Gasteiger partial charge in [0.1, 0.15) is 0 Å². The summed E-state index contributed by atoms with van der Waals surface area (Å²) in [6.07, 6.45) is 0.576. The van der Waals surface area contributed by atoms with Crippen molar-refractivity contribution < 1.29 is 9.59 Å². The predicted molar refractivity (Wildman–Crippen MR) is 74.2 cm³/mol. The third-order valence-corrected chi connectivity index (χ3v) is 2.64. The van der Waals surface area contributed by atoms with Gasteiger partial charge in [0.15, 0.2) is 0 Å². The van der Waals surface area contributed by atoms with E-state index in [1.54, 1.807) is 18.2 Å². The van der Waals surface area contributed by atoms with Gasteiger partial charge in [-0.25, -0.2) is 0 Å². The van der Waals surface area contributed by atoms with E-state index in [0.29, 0.717) is 17.9 Å². The fourth-order valence-corrected chi connectivity index (χ4v) is 1.68. The van der Waals surface area contributed by atoms with Crippen LogP contribution in [0.5, 0.6) is 0 Å². The molecule has 1 aromatic rings. The molecule has 0 aromatic heterocycles. The highest BCUT2D eigenvalue weighted by Crippen LogP contribution is 2.04. The lowest BCUT2D eigenvalue weighted by Crippen LogP contribution is -2.49. The van der Waals surface area contributed by atoms with Crippen LogP contribution in [0, 0.1) is 12.8 Å². The number of nitrogens with two attached hydrogens (primary N) is 1. The zero-order valence-electron chi connectivity index (χ0n) is 11.6. The van der Waals surface area contributed by atoms with Crippen LogP contribution < -0.4 is 16.6 Å². The molecule has 1 rings (SSSR count). The molecule has 19 heavy (non-hydrogen) atoms. The number of aryl methyl sites for hydroxylation is 1. The van der Waals surface area contributed by atoms with Gasteiger partial charge in [0.25, 0.3) is 11.8 Å². The Balaban J connectivity index is 2.48. The molecule has 2 amide bonds. The van der Waals surface area contributed by atoms with Gasteiger partial charge in [-0.05, 0) is 31.4 Å². The minimum absolute atomic E-state index is 0.327. The van der Waals surface area contributed by atoms with Crippen LogP contribution in [0.1, 0.15) is 36.2 Å². The monoisotopic (exact) mass is 263 g/mol. The minimum Gasteiger partial charge on any atom is -0.320 e. The summed E-state index contributed by atoms with van der Waals surface area (Å²) in [6, 6.07) is 6.50. The molecular weight excluding hydrogens is 242 g/mol. The van der Waals surface area contributed by atoms with Crippen LogP contribution in [-0.4, -0.2) is 17.9 Å². The van der Waals surface area contributed by atoms with Crippen molar-refractivity contribution in [1.29, 1.82) is 0 Å². The van der Waals surface area contributed by atoms with Crippen molar-refractivity contribution in [3.8, 4) is 0 Å². The Morgan fingerprint density at radius 1 is 1.26 bits per heavy atom. The summed E-state index contributed by atoms with van der Waals surface area (Å²) in [5.74, 6) is -0.406. The summed E-state index contributed by atoms with van der Waals surface area (Å²) < 4.78 is 0. The standard InChI is InChI=1S/C14H21N3O2/c1-9(2)7-12(15)14(19)17-16-13(18)11-6-4-5-10(3)8-11/h4-6,8-9,12H,7,15H2,1-3H3,(H,16,18)(H,17,19). The maximum absolute atomic E-state index is 11.8. The van der Waals surface area contributed by atoms with Gasteiger partial charge >= 0.3 is 0 Å². The Morgan fingerprint density at radius 3 is 2.53 bits per heavy atom. The maximum atomic E-state index is 11.8. The number of carbonyl (C=O) groups is 2. The Morgan fingerprint density at radius 2 is 1.95 bits per heavy atom. The first-order chi connectivity index (χ1) is 8.90. The molecule has 0 heterocycles. The molecule has 0 aliphatic heterocycles. The highest BCUT2D eigenvalue weighted by atomic mass is 16.2. The minimum atomic E-state index is -0.613. The third kappa shape index (κ3) is 5.09. The number of carbonyl (C=O) groups excluding carboxylic acids is 2. The van der Waals surface area contributed by atoms with Crippen molar-refractivity contribution in [1.82, 2.24) is 10.9 Å². The molecule has 1 unspecified atom stereocenters. The second-order valence-electron chi connectivity index (χ2n) is 5.05. The van der Waals surface area contributed by atoms with Crippen molar-refractivity contribution >= 4 is 11.8 Å². The van der Waals surface area contributed by atoms with Gasteiger partial charge in [0, 0.05) is 5.56 Å². The summed E-state index contributed by atoms with van der Waals surface area (Å²) in [7, 11) is 0. The molecule has 4 N–H and O–H groups in total. The first kappa shape index (κ1) is 15.2. The summed E-state index contributed by atoms with van der Waals surface area (Å²) in [5.41, 5.74) is 11.9. The van der Waals surface area contributed by atoms with Gasteiger partial charge in [-0.1, -0.05) is 31.5 Å². The van der Waals surface area contributed by atoms with E-state index in [0.717, 1.165) is 5.56 Å². The molecule has 5 heteroatoms. The van der Waals surface area contributed by atoms with E-state index in [-0.39, 0.29) is 11.8 Å². The lowest BCUT2D eigenvalue weighted by molar-refractivity contribution is -0.123. The van der Waals surface area contributed by atoms with Crippen LogP contribution in [0.4, 0.5) is 0 Å². The van der Waals surface area contributed by atoms with Crippen molar-refractivity contribution in [2.45, 2.75) is 33.2 Å². The molecular formula is C14H21N3O2. The third-order valence-electron chi connectivity index (χ3n) is 2.64. The van der Waals surface area contributed by atoms with Gasteiger partial charge in [-0.3, -0.25) is 20.4 Å². The summed E-state index contributed by atoms with van der Waals surface area (Å²) in [6.45, 7) is 5.87. The Labute approximate surface area is 113 Å². The van der Waals surface area contributed by atoms with Gasteiger partial charge < -0.3 is 5.73 Å². The van der Waals surface area contributed by atoms with E-state index < -0.39 is 6.04 Å². The number of hydrazine groups is 1. The average Bonchev–Trinajstić information content (AvgIpc) is 2.34. The van der Waals surface area contributed by atoms with E-state index >= 15 is 0 Å². The Bertz CT molecular complexity index is 458. The predicted octanol–water partition coefficient (Wildman–Crippen LogP) is 1.13. The van der Waals surface area contributed by atoms with E-state index in [2.05, 4.69) is 10.9 Å². The molecule has 0 aliphatic carbocycles. The van der Waals surface area contributed by atoms with Gasteiger partial charge in [-0.2, -0.15) is 0 Å². The first-order valence-corrected chi connectivity index (χ1v) is 6.32. The number of benzene rings is 1. The molecule has 1 aromatic carbocycles. The fraction of sp³-hybridized carbons (Fsp3) is 0.429. The van der Waals surface area contributed by atoms with Crippen molar-refractivity contribution in [2.75, 3.05) is 0 Å². The smallest absolute Gasteiger partial charge is 0.269 e. The molecule has 0 bridgehead atoms. The quantitative estimate of drug-likeness (QED) is 0.712. The molecule has 0 radical (unpaired) electrons. The van der Waals surface area contributed by atoms with Crippen LogP contribution in [0.3, 0.4) is 0 Å². The molecule has 5 nitrogen and oxygen atoms in total. The van der Waals surface area contributed by atoms with E-state index in [1.807, 2.05) is 26.8 Å². The van der Waals surface area contributed by atoms with Gasteiger partial charge in [0.2, 0.25) is 0 Å². The van der Waals surface area contributed by atoms with Crippen molar-refractivity contribution in [2.24, 2.45) is 11.7 Å². The largest absolute Gasteiger partial charge is 0.320 e. The van der Waals surface area contributed by atoms with Crippen LogP contribution in [0.25, 0.3) is 0 Å². The second kappa shape index (κ2) is 6.89. The number of hydrogen-bond donors (Lipinski definition) is 3. The Kier molecular flexibility index (Phi) is 5.51. The van der Waals surface area contributed by atoms with Crippen LogP contribution in [0.2, 0.25) is 0 Å². The lowest BCUT2D eigenvalue weighted by Gasteiger charge is -2.14. The van der Waals surface area contributed by atoms with E-state index in [9.17, 15) is 9.59 Å². The zero-order valence-corrected chi connectivity index (χ0v) is 11.6. The van der Waals surface area contributed by atoms with Crippen molar-refractivity contribution in [3.63, 3.8) is 0 Å². The summed E-state index contributed by atoms with van der Waals surface area (Å²) >= 11 is 0. The van der Waals surface area contributed by atoms with E-state index in [1.165, 1.54) is 0 Å².